The van der Waals surface area contributed by atoms with Crippen LogP contribution < -0.4 is 0 Å². The smallest absolute Gasteiger partial charge is 0.311 e. The highest BCUT2D eigenvalue weighted by molar-refractivity contribution is 7.18. The third-order valence-electron chi connectivity index (χ3n) is 16.5. The lowest BCUT2D eigenvalue weighted by molar-refractivity contribution is -0.309. The number of aromatic amines is 1. The molecule has 19 atom stereocenters. The number of H-pyrrole nitrogens is 1. The number of ether oxygens (including phenoxy) is 8. The fraction of sp³-hybridized carbons (Fsp3) is 0.745. The average Bonchev–Trinajstić information content (AvgIpc) is 4.13. The van der Waals surface area contributed by atoms with Crippen molar-refractivity contribution in [2.45, 2.75) is 192 Å². The summed E-state index contributed by atoms with van der Waals surface area (Å²) >= 11 is 1.31. The molecule has 4 N–H and O–H groups in total. The maximum atomic E-state index is 15.2. The number of likely N-dealkylation sites (N-methyl/N-ethyl adjacent to an activating group) is 1. The molecule has 0 radical (unpaired) electrons. The highest BCUT2D eigenvalue weighted by Crippen LogP contribution is 2.42. The Morgan fingerprint density at radius 2 is 1.64 bits per heavy atom. The number of alkyl halides is 1. The predicted octanol–water partition coefficient (Wildman–Crippen LogP) is 7.00. The van der Waals surface area contributed by atoms with Crippen LogP contribution in [0.3, 0.4) is 0 Å². The summed E-state index contributed by atoms with van der Waals surface area (Å²) in [7, 11) is 6.66. The lowest BCUT2D eigenvalue weighted by atomic mass is 9.73. The number of cyclic esters (lactones) is 1. The number of carbonyl (C=O) groups excluding carboxylic acids is 2. The molecule has 0 saturated carbocycles. The van der Waals surface area contributed by atoms with Crippen LogP contribution in [-0.4, -0.2) is 178 Å². The number of thiazole rings is 1. The zero-order valence-electron chi connectivity index (χ0n) is 46.9. The molecule has 0 bridgehead atoms. The first-order valence-electron chi connectivity index (χ1n) is 26.7. The first-order chi connectivity index (χ1) is 35.9. The third kappa shape index (κ3) is 14.2. The number of nitrogens with zero attached hydrogens (tertiary/aromatic N) is 5. The number of nitrogens with one attached hydrogen (secondary N) is 1. The molecule has 3 aromatic rings. The zero-order chi connectivity index (χ0) is 55.9. The number of hydrogen-bond donors (Lipinski definition) is 4. The van der Waals surface area contributed by atoms with Gasteiger partial charge in [0.05, 0.1) is 83.1 Å². The Bertz CT molecular complexity index is 2330. The summed E-state index contributed by atoms with van der Waals surface area (Å²) in [5.41, 5.74) is -2.03. The van der Waals surface area contributed by atoms with Crippen LogP contribution in [0.4, 0.5) is 9.52 Å². The van der Waals surface area contributed by atoms with Crippen molar-refractivity contribution in [3.63, 3.8) is 0 Å². The van der Waals surface area contributed by atoms with E-state index < -0.39 is 114 Å². The molecule has 0 spiro atoms. The highest BCUT2D eigenvalue weighted by Gasteiger charge is 2.54. The van der Waals surface area contributed by atoms with E-state index in [0.717, 1.165) is 28.1 Å². The molecule has 76 heavy (non-hydrogen) atoms. The van der Waals surface area contributed by atoms with Crippen molar-refractivity contribution in [1.82, 2.24) is 25.3 Å². The van der Waals surface area contributed by atoms with Crippen LogP contribution in [0.15, 0.2) is 41.7 Å². The summed E-state index contributed by atoms with van der Waals surface area (Å²) in [6.45, 7) is 17.5. The first kappa shape index (κ1) is 61.5. The number of hydrogen-bond acceptors (Lipinski definition) is 19. The van der Waals surface area contributed by atoms with Crippen molar-refractivity contribution < 1.29 is 67.2 Å². The van der Waals surface area contributed by atoms with Gasteiger partial charge in [0.2, 0.25) is 5.13 Å². The van der Waals surface area contributed by atoms with Crippen molar-refractivity contribution in [1.29, 1.82) is 0 Å². The Kier molecular flexibility index (Phi) is 21.4. The van der Waals surface area contributed by atoms with Gasteiger partial charge in [-0.1, -0.05) is 63.3 Å². The van der Waals surface area contributed by atoms with Crippen LogP contribution in [0.1, 0.15) is 119 Å². The maximum Gasteiger partial charge on any atom is 0.311 e. The van der Waals surface area contributed by atoms with Gasteiger partial charge in [0.25, 0.3) is 0 Å². The Morgan fingerprint density at radius 3 is 2.26 bits per heavy atom. The number of esters is 1. The predicted molar refractivity (Wildman–Crippen MR) is 284 cm³/mol. The first-order valence-corrected chi connectivity index (χ1v) is 27.5. The molecule has 3 aliphatic heterocycles. The molecule has 5 heterocycles. The Hall–Kier alpha value is -3.71. The molecule has 1 aromatic carbocycles. The maximum absolute atomic E-state index is 15.2. The fourth-order valence-electron chi connectivity index (χ4n) is 11.4. The molecule has 0 amide bonds. The average molecular weight is 1090 g/mol. The number of Topliss-reactive ketones (excluding diaryl/α,β-unsaturated/α-hetero) is 1. The van der Waals surface area contributed by atoms with Crippen LogP contribution >= 0.6 is 11.3 Å². The standard InChI is InChI=1S/C55H85FN6O13S/c1-15-42-55(10,67)48(64)32(4)45(63)38(27-57-52-58-29-41(76-52)36-16-18-37(19-17-36)46(68-12)30(2)26-56)24-54(9,70-14)50(75-43-23-40(22-31(3)71-43)62(11)21-20-39-28-59-61-60-39)33(5)47(34(6)51(66)73-42)74-44-25-53(8,69-13)49(65)35(7)72-44/h16-19,27-35,38,40,42-44,46-50,64-65,67H,15,20-26H2,1-14H3,(H,59,60,61)/b57-27+/t30-,31-,32+,33+,34-,35+,38+,40+,42-,43+,44+,46+,47+,48-,49+,50-,53-,54-,55-/m1/s1. The summed E-state index contributed by atoms with van der Waals surface area (Å²) in [6.07, 6.45) is -2.25. The minimum atomic E-state index is -2.10. The van der Waals surface area contributed by atoms with E-state index >= 15 is 4.79 Å². The minimum Gasteiger partial charge on any atom is -0.459 e. The Balaban J connectivity index is 1.43. The molecule has 0 aliphatic carbocycles. The number of benzene rings is 1. The van der Waals surface area contributed by atoms with Gasteiger partial charge < -0.3 is 58.1 Å². The van der Waals surface area contributed by atoms with Gasteiger partial charge in [-0.05, 0) is 79.0 Å². The van der Waals surface area contributed by atoms with Crippen molar-refractivity contribution in [3.8, 4) is 10.4 Å². The number of aliphatic hydroxyl groups excluding tert-OH is 2. The molecular formula is C55H85FN6O13S. The quantitative estimate of drug-likeness (QED) is 0.0741. The van der Waals surface area contributed by atoms with Crippen LogP contribution in [0.5, 0.6) is 0 Å². The number of ketones is 1. The van der Waals surface area contributed by atoms with E-state index in [1.807, 2.05) is 45.0 Å². The van der Waals surface area contributed by atoms with Gasteiger partial charge in [-0.3, -0.25) is 14.0 Å². The molecule has 21 heteroatoms. The summed E-state index contributed by atoms with van der Waals surface area (Å²) in [6, 6.07) is 7.67. The van der Waals surface area contributed by atoms with Crippen LogP contribution in [0.25, 0.3) is 10.4 Å². The summed E-state index contributed by atoms with van der Waals surface area (Å²) in [4.78, 5) is 42.3. The SMILES string of the molecule is CC[C@H]1OC(=O)[C@H](C)[C@@H](O[C@H]2C[C@@](C)(OC)[C@@H](O)[C@H](C)O2)[C@H](C)[C@@H](O[C@H]2C[C@@H](N(C)CCc3cn[nH]n3)C[C@@H](C)O2)[C@](C)(OC)C[C@@H](/C=N/c2ncc(-c3ccc([C@@H](OC)[C@H](C)CF)cc3)s2)C(=O)[C@H](C)[C@@H](O)[C@]1(C)O. The van der Waals surface area contributed by atoms with Gasteiger partial charge in [0.1, 0.15) is 23.6 Å². The highest BCUT2D eigenvalue weighted by atomic mass is 32.1. The van der Waals surface area contributed by atoms with Gasteiger partial charge in [-0.25, -0.2) is 9.98 Å². The lowest BCUT2D eigenvalue weighted by Gasteiger charge is -2.49. The Morgan fingerprint density at radius 1 is 0.947 bits per heavy atom. The molecule has 0 unspecified atom stereocenters. The van der Waals surface area contributed by atoms with Crippen molar-refractivity contribution in [2.24, 2.45) is 34.6 Å². The molecule has 2 aromatic heterocycles. The van der Waals surface area contributed by atoms with Gasteiger partial charge in [0.15, 0.2) is 12.6 Å². The fourth-order valence-corrected chi connectivity index (χ4v) is 12.1. The van der Waals surface area contributed by atoms with E-state index in [4.69, 9.17) is 42.9 Å². The monoisotopic (exact) mass is 1090 g/mol. The number of aromatic nitrogens is 4. The lowest BCUT2D eigenvalue weighted by Crippen LogP contribution is -2.60. The molecule has 19 nitrogen and oxygen atoms in total. The second-order valence-electron chi connectivity index (χ2n) is 22.2. The van der Waals surface area contributed by atoms with Gasteiger partial charge in [-0.2, -0.15) is 15.4 Å². The molecule has 426 valence electrons. The summed E-state index contributed by atoms with van der Waals surface area (Å²) in [5, 5.41) is 46.6. The number of rotatable bonds is 18. The topological polar surface area (TPSA) is 239 Å². The van der Waals surface area contributed by atoms with Crippen LogP contribution in [0, 0.1) is 29.6 Å². The van der Waals surface area contributed by atoms with E-state index in [1.54, 1.807) is 54.1 Å². The summed E-state index contributed by atoms with van der Waals surface area (Å²) < 4.78 is 64.9. The summed E-state index contributed by atoms with van der Waals surface area (Å²) in [5.74, 6) is -5.62. The Labute approximate surface area is 451 Å². The van der Waals surface area contributed by atoms with Crippen molar-refractivity contribution in [2.75, 3.05) is 41.6 Å². The van der Waals surface area contributed by atoms with Gasteiger partial charge in [-0.15, -0.1) is 0 Å². The van der Waals surface area contributed by atoms with Crippen molar-refractivity contribution in [3.05, 3.63) is 47.9 Å². The number of aliphatic hydroxyl groups is 3. The minimum absolute atomic E-state index is 0.0236. The normalized spacial score (nSPS) is 37.2. The third-order valence-corrected chi connectivity index (χ3v) is 17.4. The molecule has 6 rings (SSSR count). The van der Waals surface area contributed by atoms with E-state index in [-0.39, 0.29) is 37.3 Å². The number of aliphatic imine (C=N–C) groups is 1. The molecule has 3 saturated heterocycles. The largest absolute Gasteiger partial charge is 0.459 e. The zero-order valence-corrected chi connectivity index (χ0v) is 47.7. The van der Waals surface area contributed by atoms with E-state index in [2.05, 4.69) is 32.3 Å². The number of carbonyl (C=O) groups is 2. The molecule has 3 aliphatic rings. The molecule has 3 fully saturated rings. The molecular weight excluding hydrogens is 1000 g/mol. The van der Waals surface area contributed by atoms with Crippen LogP contribution in [-0.2, 0) is 53.9 Å². The van der Waals surface area contributed by atoms with Gasteiger partial charge in [0, 0.05) is 83.3 Å². The number of methoxy groups -OCH3 is 3. The second kappa shape index (κ2) is 26.5. The van der Waals surface area contributed by atoms with Gasteiger partial charge >= 0.3 is 5.97 Å². The van der Waals surface area contributed by atoms with Crippen LogP contribution in [0.2, 0.25) is 0 Å². The number of halogens is 1. The van der Waals surface area contributed by atoms with Crippen molar-refractivity contribution >= 4 is 34.4 Å². The van der Waals surface area contributed by atoms with E-state index in [1.165, 1.54) is 45.6 Å². The second-order valence-corrected chi connectivity index (χ2v) is 23.2. The van der Waals surface area contributed by atoms with E-state index in [9.17, 15) is 24.5 Å². The van der Waals surface area contributed by atoms with E-state index in [0.29, 0.717) is 24.5 Å².